The third-order valence-electron chi connectivity index (χ3n) is 2.79. The van der Waals surface area contributed by atoms with Crippen LogP contribution in [0.2, 0.25) is 0 Å². The van der Waals surface area contributed by atoms with Crippen molar-refractivity contribution >= 4 is 11.9 Å². The van der Waals surface area contributed by atoms with E-state index in [1.54, 1.807) is 6.07 Å². The lowest BCUT2D eigenvalue weighted by atomic mass is 10.1. The zero-order valence-electron chi connectivity index (χ0n) is 12.1. The van der Waals surface area contributed by atoms with Crippen LogP contribution in [0.5, 0.6) is 0 Å². The second kappa shape index (κ2) is 7.62. The van der Waals surface area contributed by atoms with E-state index in [9.17, 15) is 14.0 Å². The minimum absolute atomic E-state index is 0.0259. The first-order valence-corrected chi connectivity index (χ1v) is 6.56. The molecule has 5 heteroatoms. The van der Waals surface area contributed by atoms with Crippen molar-refractivity contribution in [2.24, 2.45) is 5.92 Å². The molecule has 0 radical (unpaired) electrons. The Morgan fingerprint density at radius 1 is 1.30 bits per heavy atom. The second-order valence-corrected chi connectivity index (χ2v) is 4.95. The number of carbonyl (C=O) groups excluding carboxylic acids is 2. The summed E-state index contributed by atoms with van der Waals surface area (Å²) in [6.07, 6.45) is 0.101. The number of hydrogen-bond donors (Lipinski definition) is 0. The monoisotopic (exact) mass is 281 g/mol. The maximum absolute atomic E-state index is 13.7. The highest BCUT2D eigenvalue weighted by Gasteiger charge is 2.20. The van der Waals surface area contributed by atoms with Gasteiger partial charge in [-0.2, -0.15) is 0 Å². The lowest BCUT2D eigenvalue weighted by molar-refractivity contribution is -0.140. The third kappa shape index (κ3) is 4.64. The van der Waals surface area contributed by atoms with Crippen LogP contribution in [0.3, 0.4) is 0 Å². The van der Waals surface area contributed by atoms with Crippen molar-refractivity contribution in [3.63, 3.8) is 0 Å². The first kappa shape index (κ1) is 16.1. The summed E-state index contributed by atoms with van der Waals surface area (Å²) in [5.74, 6) is -1.12. The molecular formula is C15H20FNO3. The van der Waals surface area contributed by atoms with Gasteiger partial charge in [0.05, 0.1) is 19.1 Å². The fourth-order valence-corrected chi connectivity index (χ4v) is 1.85. The molecule has 110 valence electrons. The molecule has 0 fully saturated rings. The summed E-state index contributed by atoms with van der Waals surface area (Å²) in [5.41, 5.74) is 0.0259. The Hall–Kier alpha value is -1.91. The van der Waals surface area contributed by atoms with Crippen molar-refractivity contribution in [2.45, 2.75) is 20.3 Å². The van der Waals surface area contributed by atoms with E-state index in [0.29, 0.717) is 6.54 Å². The summed E-state index contributed by atoms with van der Waals surface area (Å²) < 4.78 is 18.2. The van der Waals surface area contributed by atoms with E-state index in [-0.39, 0.29) is 30.4 Å². The zero-order chi connectivity index (χ0) is 15.1. The van der Waals surface area contributed by atoms with Crippen LogP contribution in [0.25, 0.3) is 0 Å². The van der Waals surface area contributed by atoms with Gasteiger partial charge in [0.2, 0.25) is 0 Å². The molecule has 0 saturated heterocycles. The standard InChI is InChI=1S/C15H20FNO3/c1-11(2)10-17(9-8-14(18)20-3)15(19)12-6-4-5-7-13(12)16/h4-7,11H,8-10H2,1-3H3. The number of carbonyl (C=O) groups is 2. The smallest absolute Gasteiger partial charge is 0.307 e. The van der Waals surface area contributed by atoms with E-state index in [1.165, 1.54) is 30.2 Å². The van der Waals surface area contributed by atoms with Crippen LogP contribution in [-0.2, 0) is 9.53 Å². The molecule has 0 aliphatic heterocycles. The van der Waals surface area contributed by atoms with E-state index in [0.717, 1.165) is 0 Å². The highest BCUT2D eigenvalue weighted by atomic mass is 19.1. The molecule has 0 spiro atoms. The first-order valence-electron chi connectivity index (χ1n) is 6.56. The predicted octanol–water partition coefficient (Wildman–Crippen LogP) is 2.49. The van der Waals surface area contributed by atoms with E-state index >= 15 is 0 Å². The van der Waals surface area contributed by atoms with Crippen molar-refractivity contribution in [3.8, 4) is 0 Å². The van der Waals surface area contributed by atoms with Crippen LogP contribution in [0.15, 0.2) is 24.3 Å². The highest BCUT2D eigenvalue weighted by Crippen LogP contribution is 2.12. The summed E-state index contributed by atoms with van der Waals surface area (Å²) in [5, 5.41) is 0. The third-order valence-corrected chi connectivity index (χ3v) is 2.79. The number of hydrogen-bond acceptors (Lipinski definition) is 3. The van der Waals surface area contributed by atoms with Crippen LogP contribution in [-0.4, -0.2) is 37.0 Å². The molecule has 1 rings (SSSR count). The maximum atomic E-state index is 13.7. The van der Waals surface area contributed by atoms with Gasteiger partial charge in [-0.1, -0.05) is 26.0 Å². The fourth-order valence-electron chi connectivity index (χ4n) is 1.85. The average Bonchev–Trinajstić information content (AvgIpc) is 2.42. The van der Waals surface area contributed by atoms with Crippen LogP contribution in [0.1, 0.15) is 30.6 Å². The van der Waals surface area contributed by atoms with Gasteiger partial charge in [-0.05, 0) is 18.1 Å². The number of halogens is 1. The molecule has 0 unspecified atom stereocenters. The van der Waals surface area contributed by atoms with Crippen molar-refractivity contribution in [1.29, 1.82) is 0 Å². The number of rotatable bonds is 6. The minimum Gasteiger partial charge on any atom is -0.469 e. The van der Waals surface area contributed by atoms with Crippen LogP contribution in [0.4, 0.5) is 4.39 Å². The number of methoxy groups -OCH3 is 1. The second-order valence-electron chi connectivity index (χ2n) is 4.95. The molecule has 0 atom stereocenters. The topological polar surface area (TPSA) is 46.6 Å². The molecule has 4 nitrogen and oxygen atoms in total. The summed E-state index contributed by atoms with van der Waals surface area (Å²) in [6.45, 7) is 4.60. The Balaban J connectivity index is 2.84. The molecular weight excluding hydrogens is 261 g/mol. The maximum Gasteiger partial charge on any atom is 0.307 e. The number of ether oxygens (including phenoxy) is 1. The largest absolute Gasteiger partial charge is 0.469 e. The molecule has 0 bridgehead atoms. The van der Waals surface area contributed by atoms with Crippen LogP contribution < -0.4 is 0 Å². The molecule has 0 heterocycles. The Labute approximate surface area is 118 Å². The molecule has 0 aliphatic rings. The number of benzene rings is 1. The Morgan fingerprint density at radius 3 is 2.50 bits per heavy atom. The first-order chi connectivity index (χ1) is 9.45. The number of amides is 1. The number of esters is 1. The average molecular weight is 281 g/mol. The zero-order valence-corrected chi connectivity index (χ0v) is 12.1. The lowest BCUT2D eigenvalue weighted by Gasteiger charge is -2.24. The SMILES string of the molecule is COC(=O)CCN(CC(C)C)C(=O)c1ccccc1F. The van der Waals surface area contributed by atoms with Crippen LogP contribution >= 0.6 is 0 Å². The molecule has 0 N–H and O–H groups in total. The normalized spacial score (nSPS) is 10.4. The molecule has 1 amide bonds. The molecule has 20 heavy (non-hydrogen) atoms. The molecule has 1 aromatic carbocycles. The summed E-state index contributed by atoms with van der Waals surface area (Å²) in [6, 6.07) is 5.85. The fraction of sp³-hybridized carbons (Fsp3) is 0.467. The van der Waals surface area contributed by atoms with Crippen molar-refractivity contribution in [3.05, 3.63) is 35.6 Å². The van der Waals surface area contributed by atoms with E-state index in [1.807, 2.05) is 13.8 Å². The number of nitrogens with zero attached hydrogens (tertiary/aromatic N) is 1. The Bertz CT molecular complexity index is 474. The lowest BCUT2D eigenvalue weighted by Crippen LogP contribution is -2.36. The van der Waals surface area contributed by atoms with Gasteiger partial charge in [0.1, 0.15) is 5.82 Å². The van der Waals surface area contributed by atoms with Crippen LogP contribution in [0, 0.1) is 11.7 Å². The summed E-state index contributed by atoms with van der Waals surface area (Å²) in [7, 11) is 1.30. The summed E-state index contributed by atoms with van der Waals surface area (Å²) in [4.78, 5) is 25.0. The molecule has 1 aromatic rings. The predicted molar refractivity (Wildman–Crippen MR) is 73.8 cm³/mol. The van der Waals surface area contributed by atoms with Gasteiger partial charge < -0.3 is 9.64 Å². The van der Waals surface area contributed by atoms with Gasteiger partial charge in [0.25, 0.3) is 5.91 Å². The van der Waals surface area contributed by atoms with Crippen molar-refractivity contribution in [2.75, 3.05) is 20.2 Å². The van der Waals surface area contributed by atoms with Gasteiger partial charge in [0, 0.05) is 13.1 Å². The van der Waals surface area contributed by atoms with Crippen molar-refractivity contribution < 1.29 is 18.7 Å². The minimum atomic E-state index is -0.552. The van der Waals surface area contributed by atoms with Gasteiger partial charge >= 0.3 is 5.97 Å². The quantitative estimate of drug-likeness (QED) is 0.753. The highest BCUT2D eigenvalue weighted by molar-refractivity contribution is 5.94. The van der Waals surface area contributed by atoms with Gasteiger partial charge in [0.15, 0.2) is 0 Å². The Morgan fingerprint density at radius 2 is 1.95 bits per heavy atom. The summed E-state index contributed by atoms with van der Waals surface area (Å²) >= 11 is 0. The molecule has 0 saturated carbocycles. The Kier molecular flexibility index (Phi) is 6.15. The van der Waals surface area contributed by atoms with Crippen molar-refractivity contribution in [1.82, 2.24) is 4.90 Å². The van der Waals surface area contributed by atoms with Gasteiger partial charge in [-0.3, -0.25) is 9.59 Å². The molecule has 0 aliphatic carbocycles. The van der Waals surface area contributed by atoms with Gasteiger partial charge in [-0.25, -0.2) is 4.39 Å². The van der Waals surface area contributed by atoms with Gasteiger partial charge in [-0.15, -0.1) is 0 Å². The van der Waals surface area contributed by atoms with E-state index in [4.69, 9.17) is 0 Å². The molecule has 0 aromatic heterocycles. The van der Waals surface area contributed by atoms with E-state index in [2.05, 4.69) is 4.74 Å². The van der Waals surface area contributed by atoms with E-state index < -0.39 is 11.7 Å².